The minimum Gasteiger partial charge on any atom is -0.496 e. The fraction of sp³-hybridized carbons (Fsp3) is 0.516. The van der Waals surface area contributed by atoms with Crippen LogP contribution in [0.25, 0.3) is 10.9 Å². The number of pyridine rings is 1. The zero-order chi connectivity index (χ0) is 27.7. The van der Waals surface area contributed by atoms with E-state index in [-0.39, 0.29) is 30.0 Å². The molecule has 1 aromatic carbocycles. The number of rotatable bonds is 7. The van der Waals surface area contributed by atoms with Crippen molar-refractivity contribution in [2.45, 2.75) is 71.9 Å². The Bertz CT molecular complexity index is 1420. The summed E-state index contributed by atoms with van der Waals surface area (Å²) in [6, 6.07) is 9.96. The van der Waals surface area contributed by atoms with Gasteiger partial charge in [0.25, 0.3) is 11.5 Å². The van der Waals surface area contributed by atoms with Gasteiger partial charge in [-0.1, -0.05) is 31.0 Å². The lowest BCUT2D eigenvalue weighted by atomic mass is 9.89. The Labute approximate surface area is 229 Å². The van der Waals surface area contributed by atoms with Crippen molar-refractivity contribution in [2.24, 2.45) is 11.8 Å². The Morgan fingerprint density at radius 1 is 1.10 bits per heavy atom. The average molecular weight is 533 g/mol. The second kappa shape index (κ2) is 11.3. The van der Waals surface area contributed by atoms with Crippen LogP contribution in [0, 0.1) is 25.7 Å². The van der Waals surface area contributed by atoms with E-state index in [0.717, 1.165) is 55.4 Å². The number of hydrogen-bond donors (Lipinski definition) is 2. The van der Waals surface area contributed by atoms with Crippen LogP contribution in [0.5, 0.6) is 5.75 Å². The highest BCUT2D eigenvalue weighted by Gasteiger charge is 2.33. The highest BCUT2D eigenvalue weighted by atomic mass is 16.5. The van der Waals surface area contributed by atoms with Gasteiger partial charge in [-0.15, -0.1) is 0 Å². The number of nitrogens with zero attached hydrogens (tertiary/aromatic N) is 2. The van der Waals surface area contributed by atoms with Crippen LogP contribution in [0.4, 0.5) is 0 Å². The number of carbonyl (C=O) groups is 2. The maximum Gasteiger partial charge on any atom is 0.256 e. The van der Waals surface area contributed by atoms with Crippen molar-refractivity contribution in [1.29, 1.82) is 0 Å². The largest absolute Gasteiger partial charge is 0.496 e. The second-order valence-electron chi connectivity index (χ2n) is 11.2. The van der Waals surface area contributed by atoms with Gasteiger partial charge in [0.2, 0.25) is 5.91 Å². The number of para-hydroxylation sites is 1. The van der Waals surface area contributed by atoms with Gasteiger partial charge in [-0.3, -0.25) is 14.4 Å². The predicted octanol–water partition coefficient (Wildman–Crippen LogP) is 4.87. The summed E-state index contributed by atoms with van der Waals surface area (Å²) in [5.41, 5.74) is 3.41. The number of ether oxygens (including phenoxy) is 1. The van der Waals surface area contributed by atoms with Gasteiger partial charge in [0.05, 0.1) is 24.8 Å². The van der Waals surface area contributed by atoms with Crippen LogP contribution in [-0.2, 0) is 11.3 Å². The van der Waals surface area contributed by atoms with Crippen LogP contribution >= 0.6 is 0 Å². The summed E-state index contributed by atoms with van der Waals surface area (Å²) in [7, 11) is 1.52. The predicted molar refractivity (Wildman–Crippen MR) is 152 cm³/mol. The van der Waals surface area contributed by atoms with E-state index in [1.165, 1.54) is 20.0 Å². The van der Waals surface area contributed by atoms with E-state index < -0.39 is 0 Å². The maximum absolute atomic E-state index is 13.6. The number of likely N-dealkylation sites (tertiary alicyclic amines) is 1. The number of aromatic amines is 1. The summed E-state index contributed by atoms with van der Waals surface area (Å²) in [5.74, 6) is 1.24. The lowest BCUT2D eigenvalue weighted by Crippen LogP contribution is -2.42. The van der Waals surface area contributed by atoms with Crippen LogP contribution in [-0.4, -0.2) is 46.5 Å². The molecule has 0 unspecified atom stereocenters. The molecular formula is C31H40N4O4. The van der Waals surface area contributed by atoms with Gasteiger partial charge in [-0.25, -0.2) is 0 Å². The van der Waals surface area contributed by atoms with Crippen LogP contribution in [0.2, 0.25) is 0 Å². The van der Waals surface area contributed by atoms with Crippen molar-refractivity contribution in [3.05, 3.63) is 63.2 Å². The Kier molecular flexibility index (Phi) is 7.82. The summed E-state index contributed by atoms with van der Waals surface area (Å²) in [5, 5.41) is 3.86. The molecule has 0 spiro atoms. The summed E-state index contributed by atoms with van der Waals surface area (Å²) in [4.78, 5) is 43.9. The van der Waals surface area contributed by atoms with Crippen molar-refractivity contribution in [2.75, 3.05) is 20.2 Å². The number of methoxy groups -OCH3 is 1. The number of nitrogens with one attached hydrogen (secondary N) is 2. The summed E-state index contributed by atoms with van der Waals surface area (Å²) < 4.78 is 7.69. The van der Waals surface area contributed by atoms with Crippen LogP contribution in [0.1, 0.15) is 78.8 Å². The van der Waals surface area contributed by atoms with Crippen LogP contribution in [0.3, 0.4) is 0 Å². The SMILES string of the molecule is COc1cc(C)[nH]c(=O)c1CNC(=O)c1c(C)n([C@H](C)C2CCN(C(=O)C3CCCC3)CC2)c2ccccc12. The summed E-state index contributed by atoms with van der Waals surface area (Å²) in [6.07, 6.45) is 6.36. The van der Waals surface area contributed by atoms with Crippen molar-refractivity contribution < 1.29 is 14.3 Å². The molecule has 2 N–H and O–H groups in total. The quantitative estimate of drug-likeness (QED) is 0.454. The van der Waals surface area contributed by atoms with Gasteiger partial charge in [0.15, 0.2) is 0 Å². The highest BCUT2D eigenvalue weighted by molar-refractivity contribution is 6.08. The Morgan fingerprint density at radius 2 is 1.79 bits per heavy atom. The first-order chi connectivity index (χ1) is 18.8. The zero-order valence-corrected chi connectivity index (χ0v) is 23.5. The molecule has 1 saturated heterocycles. The van der Waals surface area contributed by atoms with Crippen LogP contribution in [0.15, 0.2) is 35.1 Å². The van der Waals surface area contributed by atoms with Crippen molar-refractivity contribution in [3.8, 4) is 5.75 Å². The van der Waals surface area contributed by atoms with Crippen LogP contribution < -0.4 is 15.6 Å². The van der Waals surface area contributed by atoms with Gasteiger partial charge in [-0.2, -0.15) is 0 Å². The summed E-state index contributed by atoms with van der Waals surface area (Å²) in [6.45, 7) is 7.72. The molecule has 8 heteroatoms. The molecule has 208 valence electrons. The van der Waals surface area contributed by atoms with Crippen molar-refractivity contribution in [1.82, 2.24) is 19.8 Å². The number of amides is 2. The van der Waals surface area contributed by atoms with E-state index in [2.05, 4.69) is 32.8 Å². The third-order valence-corrected chi connectivity index (χ3v) is 8.90. The summed E-state index contributed by atoms with van der Waals surface area (Å²) >= 11 is 0. The number of benzene rings is 1. The molecule has 8 nitrogen and oxygen atoms in total. The third kappa shape index (κ3) is 5.21. The van der Waals surface area contributed by atoms with E-state index >= 15 is 0 Å². The molecule has 2 fully saturated rings. The van der Waals surface area contributed by atoms with Gasteiger partial charge in [0.1, 0.15) is 5.75 Å². The van der Waals surface area contributed by atoms with Gasteiger partial charge >= 0.3 is 0 Å². The lowest BCUT2D eigenvalue weighted by Gasteiger charge is -2.37. The van der Waals surface area contributed by atoms with Gasteiger partial charge in [-0.05, 0) is 64.5 Å². The molecule has 2 aliphatic rings. The second-order valence-corrected chi connectivity index (χ2v) is 11.2. The third-order valence-electron chi connectivity index (χ3n) is 8.90. The molecule has 1 aliphatic heterocycles. The van der Waals surface area contributed by atoms with Crippen molar-refractivity contribution in [3.63, 3.8) is 0 Å². The number of aromatic nitrogens is 2. The zero-order valence-electron chi connectivity index (χ0n) is 23.5. The first-order valence-electron chi connectivity index (χ1n) is 14.2. The molecule has 2 amide bonds. The molecule has 0 radical (unpaired) electrons. The molecule has 0 bridgehead atoms. The molecule has 2 aromatic heterocycles. The first kappa shape index (κ1) is 27.0. The van der Waals surface area contributed by atoms with Crippen molar-refractivity contribution >= 4 is 22.7 Å². The van der Waals surface area contributed by atoms with E-state index in [9.17, 15) is 14.4 Å². The Morgan fingerprint density at radius 3 is 2.49 bits per heavy atom. The molecule has 1 saturated carbocycles. The first-order valence-corrected chi connectivity index (χ1v) is 14.2. The standard InChI is InChI=1S/C31H40N4O4/c1-19-17-27(39-4)25(29(36)33-19)18-32-30(37)28-21(3)35(26-12-8-7-11-24(26)28)20(2)22-13-15-34(16-14-22)31(38)23-9-5-6-10-23/h7-8,11-12,17,20,22-23H,5-6,9-10,13-16,18H2,1-4H3,(H,32,37)(H,33,36)/t20-/m1/s1. The minimum absolute atomic E-state index is 0.0691. The molecule has 5 rings (SSSR count). The average Bonchev–Trinajstić information content (AvgIpc) is 3.57. The smallest absolute Gasteiger partial charge is 0.256 e. The van der Waals surface area contributed by atoms with E-state index in [1.807, 2.05) is 25.1 Å². The molecule has 39 heavy (non-hydrogen) atoms. The Hall–Kier alpha value is -3.55. The molecule has 1 atom stereocenters. The normalized spacial score (nSPS) is 17.5. The molecule has 3 aromatic rings. The number of piperidine rings is 1. The fourth-order valence-electron chi connectivity index (χ4n) is 6.74. The molecule has 1 aliphatic carbocycles. The number of carbonyl (C=O) groups excluding carboxylic acids is 2. The van der Waals surface area contributed by atoms with E-state index in [1.54, 1.807) is 13.0 Å². The monoisotopic (exact) mass is 532 g/mol. The Balaban J connectivity index is 1.35. The number of H-pyrrole nitrogens is 1. The lowest BCUT2D eigenvalue weighted by molar-refractivity contribution is -0.136. The fourth-order valence-corrected chi connectivity index (χ4v) is 6.74. The number of aryl methyl sites for hydroxylation is 1. The highest BCUT2D eigenvalue weighted by Crippen LogP contribution is 2.36. The van der Waals surface area contributed by atoms with E-state index in [4.69, 9.17) is 4.74 Å². The van der Waals surface area contributed by atoms with Gasteiger partial charge < -0.3 is 24.5 Å². The number of hydrogen-bond acceptors (Lipinski definition) is 4. The minimum atomic E-state index is -0.266. The van der Waals surface area contributed by atoms with E-state index in [0.29, 0.717) is 34.4 Å². The molecule has 3 heterocycles. The topological polar surface area (TPSA) is 96.4 Å². The number of fused-ring (bicyclic) bond motifs is 1. The molecular weight excluding hydrogens is 492 g/mol. The van der Waals surface area contributed by atoms with Gasteiger partial charge in [0, 0.05) is 47.3 Å². The maximum atomic E-state index is 13.6.